The molecular weight excluding hydrogens is 597 g/mol. The lowest BCUT2D eigenvalue weighted by Gasteiger charge is -2.16. The van der Waals surface area contributed by atoms with E-state index in [-0.39, 0.29) is 24.5 Å². The summed E-state index contributed by atoms with van der Waals surface area (Å²) in [6.45, 7) is 9.64. The van der Waals surface area contributed by atoms with Gasteiger partial charge in [0.25, 0.3) is 5.71 Å². The monoisotopic (exact) mass is 630 g/mol. The standard InChI is InChI=1S/C25H26FN9O4S2.C2H6/c1-25(2,3)39-24(38)35-10-16(36)21(40)20(35)22(37)28-4-5-34-12-32-14-8-29-18(6-15(14)34)33-23-30-9-17(41-23)19-13(26)7-27-11-31-19;1-2/h6-9,11-12,16,21,36H,4-5,10H2,1-3H3,(H2-,28,29,30,33,37,40);1-2H3/p+1/t16-,21?;/m0./s1. The van der Waals surface area contributed by atoms with Crippen molar-refractivity contribution in [3.8, 4) is 10.6 Å². The van der Waals surface area contributed by atoms with Crippen LogP contribution < -0.4 is 10.6 Å². The second-order valence-corrected chi connectivity index (χ2v) is 11.7. The number of pyridine rings is 1. The minimum absolute atomic E-state index is 0.0333. The van der Waals surface area contributed by atoms with Gasteiger partial charge in [0.05, 0.1) is 29.1 Å². The molecule has 0 saturated carbocycles. The van der Waals surface area contributed by atoms with Gasteiger partial charge in [-0.05, 0) is 20.8 Å². The second-order valence-electron chi connectivity index (χ2n) is 10.1. The molecule has 13 nitrogen and oxygen atoms in total. The molecule has 0 saturated heterocycles. The van der Waals surface area contributed by atoms with Crippen molar-refractivity contribution in [2.45, 2.75) is 58.1 Å². The predicted octanol–water partition coefficient (Wildman–Crippen LogP) is 3.43. The smallest absolute Gasteiger partial charge is 0.406 e. The number of hydrogen-bond acceptors (Lipinski definition) is 12. The lowest BCUT2D eigenvalue weighted by molar-refractivity contribution is -0.449. The predicted molar refractivity (Wildman–Crippen MR) is 163 cm³/mol. The Bertz CT molecular complexity index is 1650. The summed E-state index contributed by atoms with van der Waals surface area (Å²) in [5.41, 5.74) is 0.829. The highest BCUT2D eigenvalue weighted by molar-refractivity contribution is 7.82. The molecule has 16 heteroatoms. The van der Waals surface area contributed by atoms with Crippen molar-refractivity contribution in [2.75, 3.05) is 18.4 Å². The van der Waals surface area contributed by atoms with Gasteiger partial charge >= 0.3 is 12.0 Å². The Morgan fingerprint density at radius 1 is 1.21 bits per heavy atom. The molecule has 43 heavy (non-hydrogen) atoms. The molecule has 0 spiro atoms. The Morgan fingerprint density at radius 2 is 1.98 bits per heavy atom. The zero-order chi connectivity index (χ0) is 31.3. The maximum atomic E-state index is 14.0. The summed E-state index contributed by atoms with van der Waals surface area (Å²) >= 11 is 5.56. The summed E-state index contributed by atoms with van der Waals surface area (Å²) in [6.07, 6.45) is 5.39. The first-order valence-electron chi connectivity index (χ1n) is 13.5. The maximum Gasteiger partial charge on any atom is 0.597 e. The van der Waals surface area contributed by atoms with Gasteiger partial charge in [-0.2, -0.15) is 17.4 Å². The molecule has 2 amide bonds. The van der Waals surface area contributed by atoms with Crippen LogP contribution >= 0.6 is 24.0 Å². The normalized spacial score (nSPS) is 16.6. The van der Waals surface area contributed by atoms with Gasteiger partial charge in [0, 0.05) is 25.4 Å². The summed E-state index contributed by atoms with van der Waals surface area (Å²) in [6, 6.07) is 1.78. The second kappa shape index (κ2) is 13.5. The fourth-order valence-corrected chi connectivity index (χ4v) is 5.28. The third kappa shape index (κ3) is 7.50. The number of carbonyl (C=O) groups is 2. The number of halogens is 1. The molecule has 4 aromatic rings. The molecule has 2 atom stereocenters. The lowest BCUT2D eigenvalue weighted by atomic mass is 10.2. The van der Waals surface area contributed by atoms with Gasteiger partial charge in [-0.1, -0.05) is 25.2 Å². The molecule has 5 heterocycles. The minimum atomic E-state index is -1.00. The van der Waals surface area contributed by atoms with E-state index in [4.69, 9.17) is 4.74 Å². The van der Waals surface area contributed by atoms with Crippen LogP contribution in [0, 0.1) is 5.82 Å². The fourth-order valence-electron chi connectivity index (χ4n) is 4.11. The van der Waals surface area contributed by atoms with Gasteiger partial charge in [0.15, 0.2) is 17.5 Å². The number of aromatic nitrogens is 6. The average molecular weight is 631 g/mol. The molecule has 3 N–H and O–H groups in total. The van der Waals surface area contributed by atoms with E-state index in [9.17, 15) is 19.1 Å². The van der Waals surface area contributed by atoms with Crippen LogP contribution in [-0.2, 0) is 16.1 Å². The maximum absolute atomic E-state index is 14.0. The largest absolute Gasteiger partial charge is 0.597 e. The number of anilines is 2. The third-order valence-corrected chi connectivity index (χ3v) is 7.45. The third-order valence-electron chi connectivity index (χ3n) is 5.94. The van der Waals surface area contributed by atoms with Gasteiger partial charge in [0.2, 0.25) is 0 Å². The quantitative estimate of drug-likeness (QED) is 0.176. The van der Waals surface area contributed by atoms with Gasteiger partial charge in [-0.3, -0.25) is 4.79 Å². The number of imidazole rings is 1. The number of thiol groups is 1. The van der Waals surface area contributed by atoms with E-state index in [1.165, 1.54) is 23.9 Å². The van der Waals surface area contributed by atoms with E-state index in [0.29, 0.717) is 27.9 Å². The van der Waals surface area contributed by atoms with E-state index in [1.54, 1.807) is 39.4 Å². The first-order chi connectivity index (χ1) is 20.5. The first-order valence-corrected chi connectivity index (χ1v) is 14.8. The van der Waals surface area contributed by atoms with Crippen LogP contribution in [0.3, 0.4) is 0 Å². The summed E-state index contributed by atoms with van der Waals surface area (Å²) in [5.74, 6) is -0.572. The molecule has 5 rings (SSSR count). The zero-order valence-corrected chi connectivity index (χ0v) is 26.0. The van der Waals surface area contributed by atoms with Crippen molar-refractivity contribution in [3.63, 3.8) is 0 Å². The Morgan fingerprint density at radius 3 is 2.70 bits per heavy atom. The molecule has 0 bridgehead atoms. The molecular formula is C27H33FN9O4S2+. The molecule has 0 aromatic carbocycles. The number of carbonyl (C=O) groups excluding carboxylic acids is 2. The SMILES string of the molecule is CC.CC(C)(C)OC(=O)[N+]1=C(C(=O)NCCn2cnc3cnc(Nc4ncc(-c5ncncc5F)s4)cc32)C(S)[C@@H](O)C1. The van der Waals surface area contributed by atoms with Crippen molar-refractivity contribution in [2.24, 2.45) is 0 Å². The minimum Gasteiger partial charge on any atom is -0.406 e. The van der Waals surface area contributed by atoms with Crippen LogP contribution in [0.5, 0.6) is 0 Å². The highest BCUT2D eigenvalue weighted by Crippen LogP contribution is 2.30. The van der Waals surface area contributed by atoms with Crippen LogP contribution in [0.4, 0.5) is 20.1 Å². The number of amides is 2. The Balaban J connectivity index is 0.00000207. The molecule has 1 aliphatic heterocycles. The topological polar surface area (TPSA) is 160 Å². The summed E-state index contributed by atoms with van der Waals surface area (Å²) in [4.78, 5) is 46.8. The van der Waals surface area contributed by atoms with E-state index >= 15 is 0 Å². The zero-order valence-electron chi connectivity index (χ0n) is 24.3. The summed E-state index contributed by atoms with van der Waals surface area (Å²) in [7, 11) is 0. The number of rotatable bonds is 7. The van der Waals surface area contributed by atoms with Gasteiger partial charge in [-0.15, -0.1) is 4.58 Å². The molecule has 1 aliphatic rings. The molecule has 4 aromatic heterocycles. The van der Waals surface area contributed by atoms with Gasteiger partial charge < -0.3 is 25.0 Å². The molecule has 228 valence electrons. The van der Waals surface area contributed by atoms with Crippen LogP contribution in [-0.4, -0.2) is 86.9 Å². The Labute approximate surface area is 256 Å². The number of aliphatic hydroxyl groups is 1. The van der Waals surface area contributed by atoms with Gasteiger partial charge in [0.1, 0.15) is 40.3 Å². The van der Waals surface area contributed by atoms with E-state index in [0.717, 1.165) is 16.3 Å². The number of β-amino-alcohol motifs (C(OH)–C–C–N with tert-alkyl or cyclic N) is 1. The number of aliphatic hydroxyl groups excluding tert-OH is 1. The van der Waals surface area contributed by atoms with E-state index in [2.05, 4.69) is 48.2 Å². The number of thiazole rings is 1. The van der Waals surface area contributed by atoms with Crippen LogP contribution in [0.15, 0.2) is 37.3 Å². The molecule has 1 unspecified atom stereocenters. The molecule has 0 fully saturated rings. The number of ether oxygens (including phenoxy) is 1. The Kier molecular flexibility index (Phi) is 10.0. The van der Waals surface area contributed by atoms with Crippen molar-refractivity contribution in [3.05, 3.63) is 43.1 Å². The fraction of sp³-hybridized carbons (Fsp3) is 0.407. The van der Waals surface area contributed by atoms with Crippen LogP contribution in [0.1, 0.15) is 34.6 Å². The summed E-state index contributed by atoms with van der Waals surface area (Å²) < 4.78 is 22.4. The number of nitrogens with one attached hydrogen (secondary N) is 2. The van der Waals surface area contributed by atoms with Crippen molar-refractivity contribution in [1.29, 1.82) is 0 Å². The molecule has 0 radical (unpaired) electrons. The van der Waals surface area contributed by atoms with Gasteiger partial charge in [-0.25, -0.2) is 29.3 Å². The average Bonchev–Trinajstić information content (AvgIpc) is 3.67. The number of fused-ring (bicyclic) bond motifs is 1. The summed E-state index contributed by atoms with van der Waals surface area (Å²) in [5, 5.41) is 15.8. The first kappa shape index (κ1) is 31.9. The number of hydrogen-bond donors (Lipinski definition) is 4. The van der Waals surface area contributed by atoms with E-state index in [1.807, 2.05) is 18.4 Å². The van der Waals surface area contributed by atoms with Crippen molar-refractivity contribution >= 4 is 63.7 Å². The van der Waals surface area contributed by atoms with E-state index < -0.39 is 34.8 Å². The number of nitrogens with zero attached hydrogens (tertiary/aromatic N) is 7. The lowest BCUT2D eigenvalue weighted by Crippen LogP contribution is -2.42. The van der Waals surface area contributed by atoms with Crippen molar-refractivity contribution in [1.82, 2.24) is 34.8 Å². The van der Waals surface area contributed by atoms with Crippen LogP contribution in [0.2, 0.25) is 0 Å². The Hall–Kier alpha value is -4.02. The highest BCUT2D eigenvalue weighted by Gasteiger charge is 2.47. The van der Waals surface area contributed by atoms with Crippen molar-refractivity contribution < 1.29 is 28.4 Å². The molecule has 0 aliphatic carbocycles. The van der Waals surface area contributed by atoms with Crippen LogP contribution in [0.25, 0.3) is 21.6 Å². The highest BCUT2D eigenvalue weighted by atomic mass is 32.1.